The number of ether oxygens (including phenoxy) is 1. The van der Waals surface area contributed by atoms with Crippen LogP contribution in [0.4, 0.5) is 10.1 Å². The molecular formula is C19H21ClFN3O3. The number of nitrogens with zero attached hydrogens (tertiary/aromatic N) is 1. The Hall–Kier alpha value is -2.67. The van der Waals surface area contributed by atoms with Crippen LogP contribution in [-0.4, -0.2) is 29.4 Å². The van der Waals surface area contributed by atoms with Crippen LogP contribution in [0.5, 0.6) is 5.75 Å². The lowest BCUT2D eigenvalue weighted by Crippen LogP contribution is -2.41. The summed E-state index contributed by atoms with van der Waals surface area (Å²) in [6.45, 7) is 5.44. The van der Waals surface area contributed by atoms with Gasteiger partial charge in [0.25, 0.3) is 5.91 Å². The molecule has 0 bridgehead atoms. The first-order valence-electron chi connectivity index (χ1n) is 8.19. The normalized spacial score (nSPS) is 11.0. The van der Waals surface area contributed by atoms with E-state index >= 15 is 0 Å². The Bertz CT molecular complexity index is 866. The molecule has 8 heteroatoms. The van der Waals surface area contributed by atoms with E-state index in [2.05, 4.69) is 15.6 Å². The second kappa shape index (κ2) is 8.35. The molecule has 0 atom stereocenters. The number of carbonyl (C=O) groups is 2. The molecule has 1 aromatic carbocycles. The molecule has 0 spiro atoms. The van der Waals surface area contributed by atoms with Crippen LogP contribution < -0.4 is 15.4 Å². The van der Waals surface area contributed by atoms with E-state index in [-0.39, 0.29) is 17.8 Å². The Morgan fingerprint density at radius 3 is 2.59 bits per heavy atom. The Balaban J connectivity index is 2.17. The van der Waals surface area contributed by atoms with E-state index in [1.54, 1.807) is 18.2 Å². The van der Waals surface area contributed by atoms with E-state index in [1.807, 2.05) is 20.8 Å². The average Bonchev–Trinajstić information content (AvgIpc) is 2.55. The highest BCUT2D eigenvalue weighted by molar-refractivity contribution is 6.30. The molecule has 2 rings (SSSR count). The number of amides is 2. The monoisotopic (exact) mass is 393 g/mol. The van der Waals surface area contributed by atoms with Crippen LogP contribution in [0.1, 0.15) is 36.8 Å². The summed E-state index contributed by atoms with van der Waals surface area (Å²) >= 11 is 5.95. The zero-order valence-electron chi connectivity index (χ0n) is 15.5. The fourth-order valence-corrected chi connectivity index (χ4v) is 2.51. The molecule has 144 valence electrons. The number of nitrogens with one attached hydrogen (secondary N) is 2. The maximum absolute atomic E-state index is 14.0. The minimum atomic E-state index is -0.742. The second-order valence-corrected chi connectivity index (χ2v) is 7.37. The minimum Gasteiger partial charge on any atom is -0.496 e. The summed E-state index contributed by atoms with van der Waals surface area (Å²) in [5.41, 5.74) is -0.0423. The third-order valence-electron chi connectivity index (χ3n) is 3.44. The van der Waals surface area contributed by atoms with Gasteiger partial charge in [0.15, 0.2) is 5.82 Å². The van der Waals surface area contributed by atoms with E-state index in [0.717, 1.165) is 6.20 Å². The van der Waals surface area contributed by atoms with Crippen molar-refractivity contribution in [2.45, 2.75) is 32.7 Å². The Labute approximate surface area is 162 Å². The van der Waals surface area contributed by atoms with Crippen LogP contribution >= 0.6 is 11.6 Å². The predicted molar refractivity (Wildman–Crippen MR) is 102 cm³/mol. The molecule has 27 heavy (non-hydrogen) atoms. The van der Waals surface area contributed by atoms with Crippen LogP contribution in [0.15, 0.2) is 30.5 Å². The summed E-state index contributed by atoms with van der Waals surface area (Å²) in [6.07, 6.45) is 0.822. The van der Waals surface area contributed by atoms with E-state index in [0.29, 0.717) is 16.3 Å². The van der Waals surface area contributed by atoms with Crippen LogP contribution in [0.3, 0.4) is 0 Å². The molecule has 0 unspecified atom stereocenters. The van der Waals surface area contributed by atoms with Crippen molar-refractivity contribution in [3.8, 4) is 5.75 Å². The molecule has 0 saturated carbocycles. The van der Waals surface area contributed by atoms with Gasteiger partial charge in [-0.05, 0) is 45.0 Å². The standard InChI is InChI=1S/C19H21ClFN3O3/c1-19(2,3)24-18(26)15-9-14(13(21)10-22-15)23-17(25)8-11-7-12(20)5-6-16(11)27-4/h5-7,9-10H,8H2,1-4H3,(H,24,26)(H,22,23,25). The number of carbonyl (C=O) groups excluding carboxylic acids is 2. The van der Waals surface area contributed by atoms with Gasteiger partial charge in [0.05, 0.1) is 25.4 Å². The van der Waals surface area contributed by atoms with Crippen LogP contribution in [-0.2, 0) is 11.2 Å². The summed E-state index contributed by atoms with van der Waals surface area (Å²) in [5.74, 6) is -1.19. The topological polar surface area (TPSA) is 80.3 Å². The molecule has 0 saturated heterocycles. The van der Waals surface area contributed by atoms with Crippen LogP contribution in [0.2, 0.25) is 5.02 Å². The number of methoxy groups -OCH3 is 1. The van der Waals surface area contributed by atoms with Crippen molar-refractivity contribution in [2.75, 3.05) is 12.4 Å². The Morgan fingerprint density at radius 1 is 1.26 bits per heavy atom. The van der Waals surface area contributed by atoms with E-state index < -0.39 is 23.2 Å². The van der Waals surface area contributed by atoms with Gasteiger partial charge in [-0.1, -0.05) is 11.6 Å². The lowest BCUT2D eigenvalue weighted by atomic mass is 10.1. The summed E-state index contributed by atoms with van der Waals surface area (Å²) in [7, 11) is 1.48. The van der Waals surface area contributed by atoms with E-state index in [1.165, 1.54) is 13.2 Å². The molecule has 1 aromatic heterocycles. The Morgan fingerprint density at radius 2 is 1.96 bits per heavy atom. The van der Waals surface area contributed by atoms with E-state index in [4.69, 9.17) is 16.3 Å². The molecule has 2 N–H and O–H groups in total. The first-order chi connectivity index (χ1) is 12.6. The minimum absolute atomic E-state index is 0.00182. The summed E-state index contributed by atoms with van der Waals surface area (Å²) in [6, 6.07) is 6.09. The fourth-order valence-electron chi connectivity index (χ4n) is 2.32. The highest BCUT2D eigenvalue weighted by Crippen LogP contribution is 2.24. The van der Waals surface area contributed by atoms with Gasteiger partial charge in [0.2, 0.25) is 5.91 Å². The van der Waals surface area contributed by atoms with E-state index in [9.17, 15) is 14.0 Å². The number of pyridine rings is 1. The quantitative estimate of drug-likeness (QED) is 0.813. The number of anilines is 1. The third kappa shape index (κ3) is 5.92. The molecule has 0 aliphatic rings. The summed E-state index contributed by atoms with van der Waals surface area (Å²) in [5, 5.41) is 5.64. The molecular weight excluding hydrogens is 373 g/mol. The zero-order valence-corrected chi connectivity index (χ0v) is 16.3. The SMILES string of the molecule is COc1ccc(Cl)cc1CC(=O)Nc1cc(C(=O)NC(C)(C)C)ncc1F. The molecule has 2 aromatic rings. The zero-order chi connectivity index (χ0) is 20.2. The van der Waals surface area contributed by atoms with Crippen molar-refractivity contribution in [1.82, 2.24) is 10.3 Å². The molecule has 0 fully saturated rings. The van der Waals surface area contributed by atoms with Gasteiger partial charge in [0, 0.05) is 16.1 Å². The fraction of sp³-hybridized carbons (Fsp3) is 0.316. The van der Waals surface area contributed by atoms with Crippen LogP contribution in [0.25, 0.3) is 0 Å². The molecule has 1 heterocycles. The highest BCUT2D eigenvalue weighted by atomic mass is 35.5. The predicted octanol–water partition coefficient (Wildman–Crippen LogP) is 3.59. The number of benzene rings is 1. The maximum atomic E-state index is 14.0. The Kier molecular flexibility index (Phi) is 6.38. The van der Waals surface area contributed by atoms with Gasteiger partial charge in [-0.25, -0.2) is 9.37 Å². The summed E-state index contributed by atoms with van der Waals surface area (Å²) in [4.78, 5) is 28.3. The molecule has 6 nitrogen and oxygen atoms in total. The first-order valence-corrected chi connectivity index (χ1v) is 8.57. The highest BCUT2D eigenvalue weighted by Gasteiger charge is 2.19. The number of aromatic nitrogens is 1. The number of hydrogen-bond acceptors (Lipinski definition) is 4. The van der Waals surface area contributed by atoms with Gasteiger partial charge in [-0.3, -0.25) is 9.59 Å². The largest absolute Gasteiger partial charge is 0.496 e. The molecule has 0 aliphatic heterocycles. The van der Waals surface area contributed by atoms with Crippen molar-refractivity contribution in [3.63, 3.8) is 0 Å². The van der Waals surface area contributed by atoms with Gasteiger partial charge in [-0.2, -0.15) is 0 Å². The lowest BCUT2D eigenvalue weighted by Gasteiger charge is -2.20. The molecule has 2 amide bonds. The molecule has 0 aliphatic carbocycles. The second-order valence-electron chi connectivity index (χ2n) is 6.93. The van der Waals surface area contributed by atoms with Gasteiger partial charge < -0.3 is 15.4 Å². The van der Waals surface area contributed by atoms with Crippen molar-refractivity contribution < 1.29 is 18.7 Å². The van der Waals surface area contributed by atoms with Gasteiger partial charge in [0.1, 0.15) is 11.4 Å². The van der Waals surface area contributed by atoms with Crippen molar-refractivity contribution >= 4 is 29.1 Å². The first kappa shape index (κ1) is 20.6. The summed E-state index contributed by atoms with van der Waals surface area (Å²) < 4.78 is 19.2. The maximum Gasteiger partial charge on any atom is 0.270 e. The third-order valence-corrected chi connectivity index (χ3v) is 3.68. The molecule has 0 radical (unpaired) electrons. The smallest absolute Gasteiger partial charge is 0.270 e. The van der Waals surface area contributed by atoms with Gasteiger partial charge >= 0.3 is 0 Å². The van der Waals surface area contributed by atoms with Crippen molar-refractivity contribution in [3.05, 3.63) is 52.6 Å². The van der Waals surface area contributed by atoms with Crippen molar-refractivity contribution in [2.24, 2.45) is 0 Å². The number of halogens is 2. The van der Waals surface area contributed by atoms with Crippen molar-refractivity contribution in [1.29, 1.82) is 0 Å². The van der Waals surface area contributed by atoms with Gasteiger partial charge in [-0.15, -0.1) is 0 Å². The lowest BCUT2D eigenvalue weighted by molar-refractivity contribution is -0.115. The van der Waals surface area contributed by atoms with Crippen LogP contribution in [0, 0.1) is 5.82 Å². The average molecular weight is 394 g/mol. The number of rotatable bonds is 5. The number of hydrogen-bond donors (Lipinski definition) is 2.